The molecule has 0 spiro atoms. The Kier molecular flexibility index (Phi) is 6.22. The lowest BCUT2D eigenvalue weighted by molar-refractivity contribution is 0.220. The standard InChI is InChI=1S/C22H25N8O5P/c1-13-10-24-21(28-20(13)25-15-3-5-18-17(9-15)27-22(31)35-18)26-16-4-6-19(23-11-16)29-7-8-30(14(2)12-29)36(32,33)34/h3-6,9-11,14H,7-8,12H2,1-2H3,(H,27,31)(H2,32,33,34)(H2,24,25,26,28). The minimum absolute atomic E-state index is 0.254. The van der Waals surface area contributed by atoms with Crippen molar-refractivity contribution >= 4 is 47.8 Å². The summed E-state index contributed by atoms with van der Waals surface area (Å²) in [6, 6.07) is 8.64. The molecule has 36 heavy (non-hydrogen) atoms. The maximum absolute atomic E-state index is 11.6. The molecule has 0 radical (unpaired) electrons. The van der Waals surface area contributed by atoms with Crippen molar-refractivity contribution in [3.8, 4) is 0 Å². The van der Waals surface area contributed by atoms with Gasteiger partial charge < -0.3 is 29.7 Å². The van der Waals surface area contributed by atoms with Crippen molar-refractivity contribution in [2.45, 2.75) is 19.9 Å². The Labute approximate surface area is 205 Å². The van der Waals surface area contributed by atoms with E-state index >= 15 is 0 Å². The van der Waals surface area contributed by atoms with Crippen molar-refractivity contribution in [2.75, 3.05) is 35.2 Å². The van der Waals surface area contributed by atoms with Crippen LogP contribution in [0.25, 0.3) is 11.1 Å². The number of fused-ring (bicyclic) bond motifs is 1. The molecule has 0 amide bonds. The van der Waals surface area contributed by atoms with Crippen molar-refractivity contribution in [1.82, 2.24) is 24.6 Å². The molecule has 1 aromatic carbocycles. The molecule has 3 aromatic heterocycles. The zero-order valence-electron chi connectivity index (χ0n) is 19.5. The second-order valence-corrected chi connectivity index (χ2v) is 10.1. The van der Waals surface area contributed by atoms with E-state index in [1.807, 2.05) is 24.0 Å². The number of H-pyrrole nitrogens is 1. The van der Waals surface area contributed by atoms with Gasteiger partial charge in [-0.3, -0.25) is 4.98 Å². The first-order valence-corrected chi connectivity index (χ1v) is 12.8. The number of rotatable bonds is 6. The SMILES string of the molecule is Cc1cnc(Nc2ccc(N3CCN(P(=O)(O)O)C(C)C3)nc2)nc1Nc1ccc2oc(=O)[nH]c2c1. The van der Waals surface area contributed by atoms with E-state index in [0.29, 0.717) is 41.6 Å². The fourth-order valence-electron chi connectivity index (χ4n) is 4.11. The smallest absolute Gasteiger partial charge is 0.408 e. The van der Waals surface area contributed by atoms with E-state index in [-0.39, 0.29) is 12.6 Å². The molecular formula is C22H25N8O5P. The number of nitrogens with one attached hydrogen (secondary N) is 3. The molecule has 5 N–H and O–H groups in total. The molecule has 13 nitrogen and oxygen atoms in total. The molecule has 1 aliphatic rings. The summed E-state index contributed by atoms with van der Waals surface area (Å²) in [4.78, 5) is 48.4. The van der Waals surface area contributed by atoms with Crippen LogP contribution in [0.4, 0.5) is 29.0 Å². The third-order valence-corrected chi connectivity index (χ3v) is 7.17. The first kappa shape index (κ1) is 23.9. The minimum Gasteiger partial charge on any atom is -0.408 e. The van der Waals surface area contributed by atoms with Gasteiger partial charge in [-0.25, -0.2) is 24.0 Å². The number of aryl methyl sites for hydroxylation is 1. The van der Waals surface area contributed by atoms with Crippen LogP contribution in [0, 0.1) is 6.92 Å². The highest BCUT2D eigenvalue weighted by atomic mass is 31.2. The molecule has 1 fully saturated rings. The molecule has 0 bridgehead atoms. The predicted octanol–water partition coefficient (Wildman–Crippen LogP) is 2.70. The van der Waals surface area contributed by atoms with Crippen molar-refractivity contribution in [3.63, 3.8) is 0 Å². The van der Waals surface area contributed by atoms with E-state index in [2.05, 4.69) is 30.6 Å². The van der Waals surface area contributed by atoms with Gasteiger partial charge in [-0.1, -0.05) is 0 Å². The quantitative estimate of drug-likeness (QED) is 0.239. The van der Waals surface area contributed by atoms with Gasteiger partial charge >= 0.3 is 13.5 Å². The second-order valence-electron chi connectivity index (χ2n) is 8.58. The average Bonchev–Trinajstić information content (AvgIpc) is 3.20. The normalized spacial score (nSPS) is 16.9. The van der Waals surface area contributed by atoms with Gasteiger partial charge in [-0.05, 0) is 44.2 Å². The number of hydrogen-bond acceptors (Lipinski definition) is 9. The number of piperazine rings is 1. The first-order chi connectivity index (χ1) is 17.2. The largest absolute Gasteiger partial charge is 0.417 e. The van der Waals surface area contributed by atoms with E-state index in [0.717, 1.165) is 17.1 Å². The number of benzene rings is 1. The maximum Gasteiger partial charge on any atom is 0.417 e. The van der Waals surface area contributed by atoms with Gasteiger partial charge in [0, 0.05) is 43.1 Å². The third kappa shape index (κ3) is 5.09. The summed E-state index contributed by atoms with van der Waals surface area (Å²) in [6.45, 7) is 4.84. The molecular weight excluding hydrogens is 487 g/mol. The Balaban J connectivity index is 1.27. The zero-order valence-corrected chi connectivity index (χ0v) is 20.4. The van der Waals surface area contributed by atoms with Crippen LogP contribution in [-0.2, 0) is 4.57 Å². The number of hydrogen-bond donors (Lipinski definition) is 5. The van der Waals surface area contributed by atoms with Crippen molar-refractivity contribution < 1.29 is 18.8 Å². The van der Waals surface area contributed by atoms with E-state index < -0.39 is 13.5 Å². The van der Waals surface area contributed by atoms with Crippen LogP contribution in [0.2, 0.25) is 0 Å². The zero-order chi connectivity index (χ0) is 25.4. The molecule has 4 aromatic rings. The van der Waals surface area contributed by atoms with Crippen molar-refractivity contribution in [1.29, 1.82) is 0 Å². The Morgan fingerprint density at radius 1 is 1.11 bits per heavy atom. The monoisotopic (exact) mass is 512 g/mol. The van der Waals surface area contributed by atoms with Crippen LogP contribution in [0.15, 0.2) is 51.9 Å². The molecule has 0 aliphatic carbocycles. The van der Waals surface area contributed by atoms with Gasteiger partial charge in [0.15, 0.2) is 5.58 Å². The predicted molar refractivity (Wildman–Crippen MR) is 135 cm³/mol. The molecule has 14 heteroatoms. The number of aromatic nitrogens is 4. The van der Waals surface area contributed by atoms with E-state index in [1.165, 1.54) is 4.67 Å². The molecule has 1 atom stereocenters. The Bertz CT molecular complexity index is 1500. The van der Waals surface area contributed by atoms with Gasteiger partial charge in [-0.15, -0.1) is 0 Å². The topological polar surface area (TPSA) is 173 Å². The number of nitrogens with zero attached hydrogens (tertiary/aromatic N) is 5. The van der Waals surface area contributed by atoms with Gasteiger partial charge in [0.1, 0.15) is 11.6 Å². The van der Waals surface area contributed by atoms with Gasteiger partial charge in [0.05, 0.1) is 17.4 Å². The Hall–Kier alpha value is -3.77. The second kappa shape index (κ2) is 9.36. The van der Waals surface area contributed by atoms with Crippen molar-refractivity contribution in [2.24, 2.45) is 0 Å². The summed E-state index contributed by atoms with van der Waals surface area (Å²) in [5.41, 5.74) is 3.30. The number of aromatic amines is 1. The molecule has 1 unspecified atom stereocenters. The number of oxazole rings is 1. The maximum atomic E-state index is 11.6. The molecule has 4 heterocycles. The number of pyridine rings is 1. The minimum atomic E-state index is -4.26. The summed E-state index contributed by atoms with van der Waals surface area (Å²) in [6.07, 6.45) is 3.36. The van der Waals surface area contributed by atoms with E-state index in [4.69, 9.17) is 4.42 Å². The van der Waals surface area contributed by atoms with E-state index in [9.17, 15) is 19.1 Å². The summed E-state index contributed by atoms with van der Waals surface area (Å²) >= 11 is 0. The lowest BCUT2D eigenvalue weighted by atomic mass is 10.2. The fourth-order valence-corrected chi connectivity index (χ4v) is 5.05. The highest BCUT2D eigenvalue weighted by molar-refractivity contribution is 7.49. The molecule has 0 saturated carbocycles. The van der Waals surface area contributed by atoms with Gasteiger partial charge in [0.2, 0.25) is 5.95 Å². The third-order valence-electron chi connectivity index (χ3n) is 5.91. The van der Waals surface area contributed by atoms with Crippen LogP contribution >= 0.6 is 7.75 Å². The van der Waals surface area contributed by atoms with E-state index in [1.54, 1.807) is 37.5 Å². The highest BCUT2D eigenvalue weighted by Gasteiger charge is 2.35. The Morgan fingerprint density at radius 3 is 2.64 bits per heavy atom. The lowest BCUT2D eigenvalue weighted by Gasteiger charge is -2.40. The summed E-state index contributed by atoms with van der Waals surface area (Å²) in [7, 11) is -4.26. The summed E-state index contributed by atoms with van der Waals surface area (Å²) in [5, 5.41) is 6.37. The molecule has 1 saturated heterocycles. The van der Waals surface area contributed by atoms with Crippen LogP contribution in [0.3, 0.4) is 0 Å². The Morgan fingerprint density at radius 2 is 1.92 bits per heavy atom. The van der Waals surface area contributed by atoms with Gasteiger partial charge in [0.25, 0.3) is 0 Å². The molecule has 5 rings (SSSR count). The fraction of sp³-hybridized carbons (Fsp3) is 0.273. The number of anilines is 5. The highest BCUT2D eigenvalue weighted by Crippen LogP contribution is 2.43. The van der Waals surface area contributed by atoms with Crippen LogP contribution in [0.1, 0.15) is 12.5 Å². The molecule has 1 aliphatic heterocycles. The van der Waals surface area contributed by atoms with Crippen LogP contribution in [0.5, 0.6) is 0 Å². The lowest BCUT2D eigenvalue weighted by Crippen LogP contribution is -2.50. The summed E-state index contributed by atoms with van der Waals surface area (Å²) in [5.74, 6) is 1.18. The summed E-state index contributed by atoms with van der Waals surface area (Å²) < 4.78 is 17.9. The van der Waals surface area contributed by atoms with Crippen molar-refractivity contribution in [3.05, 3.63) is 58.8 Å². The van der Waals surface area contributed by atoms with Gasteiger partial charge in [-0.2, -0.15) is 4.98 Å². The van der Waals surface area contributed by atoms with Crippen LogP contribution in [-0.4, -0.2) is 60.1 Å². The first-order valence-electron chi connectivity index (χ1n) is 11.2. The van der Waals surface area contributed by atoms with Crippen LogP contribution < -0.4 is 21.3 Å². The molecule has 188 valence electrons. The average molecular weight is 512 g/mol.